The highest BCUT2D eigenvalue weighted by Gasteiger charge is 2.02. The quantitative estimate of drug-likeness (QED) is 0.665. The molecule has 0 aliphatic rings. The molecule has 0 aliphatic carbocycles. The van der Waals surface area contributed by atoms with Crippen molar-refractivity contribution in [2.75, 3.05) is 5.43 Å². The van der Waals surface area contributed by atoms with Crippen LogP contribution in [0.25, 0.3) is 0 Å². The number of hydrogen-bond acceptors (Lipinski definition) is 4. The number of anilines is 1. The number of aromatic nitrogens is 3. The molecule has 2 aromatic rings. The van der Waals surface area contributed by atoms with Crippen molar-refractivity contribution < 1.29 is 0 Å². The van der Waals surface area contributed by atoms with Crippen molar-refractivity contribution in [3.63, 3.8) is 0 Å². The molecular weight excluding hydrogens is 261 g/mol. The zero-order valence-electron chi connectivity index (χ0n) is 8.91. The Balaban J connectivity index is 2.16. The third-order valence-electron chi connectivity index (χ3n) is 2.08. The van der Waals surface area contributed by atoms with Crippen molar-refractivity contribution in [3.8, 4) is 0 Å². The standard InChI is InChI=1S/C10H9Cl2N5/c1-6(15-17-10-13-5-14-16-10)7-2-3-8(11)9(12)4-7/h2-5H,1H3,(H2,13,14,16,17). The van der Waals surface area contributed by atoms with Gasteiger partial charge < -0.3 is 0 Å². The molecule has 1 heterocycles. The van der Waals surface area contributed by atoms with Crippen LogP contribution in [0.3, 0.4) is 0 Å². The minimum absolute atomic E-state index is 0.476. The molecule has 1 aromatic heterocycles. The fourth-order valence-corrected chi connectivity index (χ4v) is 1.48. The summed E-state index contributed by atoms with van der Waals surface area (Å²) in [5.41, 5.74) is 4.38. The highest BCUT2D eigenvalue weighted by molar-refractivity contribution is 6.42. The molecule has 88 valence electrons. The maximum atomic E-state index is 5.92. The summed E-state index contributed by atoms with van der Waals surface area (Å²) in [5, 5.41) is 11.5. The molecule has 0 amide bonds. The van der Waals surface area contributed by atoms with Crippen LogP contribution >= 0.6 is 23.2 Å². The Bertz CT molecular complexity index is 536. The average molecular weight is 270 g/mol. The first-order valence-electron chi connectivity index (χ1n) is 4.78. The number of rotatable bonds is 3. The van der Waals surface area contributed by atoms with E-state index in [-0.39, 0.29) is 0 Å². The molecule has 7 heteroatoms. The molecule has 0 fully saturated rings. The molecule has 0 saturated carbocycles. The topological polar surface area (TPSA) is 66.0 Å². The minimum Gasteiger partial charge on any atom is -0.245 e. The summed E-state index contributed by atoms with van der Waals surface area (Å²) in [6.07, 6.45) is 1.40. The Morgan fingerprint density at radius 2 is 2.18 bits per heavy atom. The largest absolute Gasteiger partial charge is 0.245 e. The lowest BCUT2D eigenvalue weighted by atomic mass is 10.1. The first-order valence-corrected chi connectivity index (χ1v) is 5.53. The van der Waals surface area contributed by atoms with Crippen LogP contribution in [0.4, 0.5) is 5.95 Å². The van der Waals surface area contributed by atoms with E-state index in [0.717, 1.165) is 11.3 Å². The van der Waals surface area contributed by atoms with E-state index >= 15 is 0 Å². The Kier molecular flexibility index (Phi) is 3.61. The van der Waals surface area contributed by atoms with Gasteiger partial charge in [-0.15, -0.1) is 0 Å². The van der Waals surface area contributed by atoms with Crippen LogP contribution < -0.4 is 5.43 Å². The molecule has 5 nitrogen and oxygen atoms in total. The number of aromatic amines is 1. The summed E-state index contributed by atoms with van der Waals surface area (Å²) < 4.78 is 0. The van der Waals surface area contributed by atoms with Gasteiger partial charge in [-0.2, -0.15) is 15.2 Å². The molecule has 1 aromatic carbocycles. The van der Waals surface area contributed by atoms with Crippen molar-refractivity contribution in [2.45, 2.75) is 6.92 Å². The maximum absolute atomic E-state index is 5.92. The Morgan fingerprint density at radius 3 is 2.82 bits per heavy atom. The fraction of sp³-hybridized carbons (Fsp3) is 0.100. The molecule has 0 saturated heterocycles. The molecular formula is C10H9Cl2N5. The molecule has 0 spiro atoms. The summed E-state index contributed by atoms with van der Waals surface area (Å²) >= 11 is 11.8. The number of halogens is 2. The fourth-order valence-electron chi connectivity index (χ4n) is 1.18. The second-order valence-electron chi connectivity index (χ2n) is 3.27. The van der Waals surface area contributed by atoms with Gasteiger partial charge >= 0.3 is 0 Å². The van der Waals surface area contributed by atoms with Crippen LogP contribution in [-0.2, 0) is 0 Å². The molecule has 0 unspecified atom stereocenters. The zero-order valence-corrected chi connectivity index (χ0v) is 10.4. The lowest BCUT2D eigenvalue weighted by Crippen LogP contribution is -2.00. The van der Waals surface area contributed by atoms with E-state index in [1.165, 1.54) is 6.33 Å². The van der Waals surface area contributed by atoms with Gasteiger partial charge in [-0.1, -0.05) is 29.3 Å². The van der Waals surface area contributed by atoms with Gasteiger partial charge in [0, 0.05) is 0 Å². The SMILES string of the molecule is CC(=NNc1ncn[nH]1)c1ccc(Cl)c(Cl)c1. The van der Waals surface area contributed by atoms with Crippen molar-refractivity contribution in [1.29, 1.82) is 0 Å². The number of H-pyrrole nitrogens is 1. The summed E-state index contributed by atoms with van der Waals surface area (Å²) in [6, 6.07) is 5.33. The normalized spacial score (nSPS) is 11.6. The predicted octanol–water partition coefficient (Wildman–Crippen LogP) is 2.95. The van der Waals surface area contributed by atoms with Gasteiger partial charge in [-0.05, 0) is 24.6 Å². The van der Waals surface area contributed by atoms with Crippen LogP contribution in [-0.4, -0.2) is 20.9 Å². The van der Waals surface area contributed by atoms with E-state index in [4.69, 9.17) is 23.2 Å². The number of hydrazone groups is 1. The van der Waals surface area contributed by atoms with Gasteiger partial charge in [-0.25, -0.2) is 10.5 Å². The highest BCUT2D eigenvalue weighted by atomic mass is 35.5. The zero-order chi connectivity index (χ0) is 12.3. The van der Waals surface area contributed by atoms with E-state index in [1.807, 2.05) is 13.0 Å². The van der Waals surface area contributed by atoms with E-state index < -0.39 is 0 Å². The van der Waals surface area contributed by atoms with Gasteiger partial charge in [0.1, 0.15) is 6.33 Å². The van der Waals surface area contributed by atoms with Crippen molar-refractivity contribution >= 4 is 34.9 Å². The van der Waals surface area contributed by atoms with E-state index in [9.17, 15) is 0 Å². The van der Waals surface area contributed by atoms with E-state index in [0.29, 0.717) is 16.0 Å². The van der Waals surface area contributed by atoms with E-state index in [2.05, 4.69) is 25.7 Å². The summed E-state index contributed by atoms with van der Waals surface area (Å²) in [4.78, 5) is 3.88. The molecule has 17 heavy (non-hydrogen) atoms. The summed E-state index contributed by atoms with van der Waals surface area (Å²) in [5.74, 6) is 0.476. The first-order chi connectivity index (χ1) is 8.16. The lowest BCUT2D eigenvalue weighted by Gasteiger charge is -2.03. The molecule has 0 bridgehead atoms. The second-order valence-corrected chi connectivity index (χ2v) is 4.09. The smallest absolute Gasteiger partial charge is 0.239 e. The number of nitrogens with one attached hydrogen (secondary N) is 2. The van der Waals surface area contributed by atoms with Gasteiger partial charge in [0.25, 0.3) is 0 Å². The molecule has 0 atom stereocenters. The van der Waals surface area contributed by atoms with Gasteiger partial charge in [0.05, 0.1) is 15.8 Å². The highest BCUT2D eigenvalue weighted by Crippen LogP contribution is 2.22. The van der Waals surface area contributed by atoms with Crippen LogP contribution in [0, 0.1) is 0 Å². The minimum atomic E-state index is 0.476. The number of benzene rings is 1. The third kappa shape index (κ3) is 2.95. The summed E-state index contributed by atoms with van der Waals surface area (Å²) in [7, 11) is 0. The number of nitrogens with zero attached hydrogens (tertiary/aromatic N) is 3. The Labute approximate surface area is 108 Å². The maximum Gasteiger partial charge on any atom is 0.239 e. The van der Waals surface area contributed by atoms with Crippen LogP contribution in [0.15, 0.2) is 29.6 Å². The Hall–Kier alpha value is -1.59. The molecule has 0 aliphatic heterocycles. The predicted molar refractivity (Wildman–Crippen MR) is 68.7 cm³/mol. The number of hydrogen-bond donors (Lipinski definition) is 2. The third-order valence-corrected chi connectivity index (χ3v) is 2.82. The van der Waals surface area contributed by atoms with Gasteiger partial charge in [0.2, 0.25) is 5.95 Å². The molecule has 2 N–H and O–H groups in total. The van der Waals surface area contributed by atoms with Crippen molar-refractivity contribution in [1.82, 2.24) is 15.2 Å². The second kappa shape index (κ2) is 5.16. The van der Waals surface area contributed by atoms with Crippen molar-refractivity contribution in [3.05, 3.63) is 40.1 Å². The Morgan fingerprint density at radius 1 is 1.35 bits per heavy atom. The van der Waals surface area contributed by atoms with Crippen LogP contribution in [0.5, 0.6) is 0 Å². The van der Waals surface area contributed by atoms with Gasteiger partial charge in [-0.3, -0.25) is 0 Å². The van der Waals surface area contributed by atoms with Crippen LogP contribution in [0.1, 0.15) is 12.5 Å². The lowest BCUT2D eigenvalue weighted by molar-refractivity contribution is 1.08. The average Bonchev–Trinajstić information content (AvgIpc) is 2.82. The monoisotopic (exact) mass is 269 g/mol. The summed E-state index contributed by atoms with van der Waals surface area (Å²) in [6.45, 7) is 1.85. The van der Waals surface area contributed by atoms with Crippen LogP contribution in [0.2, 0.25) is 10.0 Å². The van der Waals surface area contributed by atoms with Gasteiger partial charge in [0.15, 0.2) is 0 Å². The molecule has 2 rings (SSSR count). The molecule has 0 radical (unpaired) electrons. The first kappa shape index (κ1) is 11.9. The van der Waals surface area contributed by atoms with E-state index in [1.54, 1.807) is 12.1 Å². The van der Waals surface area contributed by atoms with Crippen molar-refractivity contribution in [2.24, 2.45) is 5.10 Å².